The zero-order chi connectivity index (χ0) is 12.3. The number of rotatable bonds is 5. The van der Waals surface area contributed by atoms with Crippen LogP contribution in [-0.4, -0.2) is 38.0 Å². The molecule has 0 aromatic carbocycles. The number of likely N-dealkylation sites (N-methyl/N-ethyl adjacent to an activating group) is 1. The molecule has 3 heteroatoms. The van der Waals surface area contributed by atoms with Crippen molar-refractivity contribution >= 4 is 0 Å². The lowest BCUT2D eigenvalue weighted by Gasteiger charge is -2.49. The Labute approximate surface area is 105 Å². The van der Waals surface area contributed by atoms with Gasteiger partial charge in [0.2, 0.25) is 0 Å². The van der Waals surface area contributed by atoms with E-state index >= 15 is 0 Å². The van der Waals surface area contributed by atoms with Gasteiger partial charge in [0.05, 0.1) is 11.7 Å². The van der Waals surface area contributed by atoms with Crippen molar-refractivity contribution in [3.05, 3.63) is 0 Å². The molecule has 1 aliphatic carbocycles. The molecule has 0 radical (unpaired) electrons. The Morgan fingerprint density at radius 1 is 1.47 bits per heavy atom. The van der Waals surface area contributed by atoms with Gasteiger partial charge in [-0.15, -0.1) is 0 Å². The highest BCUT2D eigenvalue weighted by molar-refractivity contribution is 4.97. The zero-order valence-electron chi connectivity index (χ0n) is 11.5. The largest absolute Gasteiger partial charge is 0.377 e. The van der Waals surface area contributed by atoms with Crippen molar-refractivity contribution in [2.24, 2.45) is 5.92 Å². The van der Waals surface area contributed by atoms with Crippen molar-refractivity contribution in [2.45, 2.75) is 63.7 Å². The first-order chi connectivity index (χ1) is 8.21. The first-order valence-electron chi connectivity index (χ1n) is 7.13. The molecule has 3 atom stereocenters. The summed E-state index contributed by atoms with van der Waals surface area (Å²) >= 11 is 0. The summed E-state index contributed by atoms with van der Waals surface area (Å²) in [6.07, 6.45) is 6.56. The Morgan fingerprint density at radius 3 is 2.76 bits per heavy atom. The van der Waals surface area contributed by atoms with E-state index in [0.717, 1.165) is 13.2 Å². The van der Waals surface area contributed by atoms with Gasteiger partial charge in [-0.2, -0.15) is 0 Å². The molecule has 0 aromatic rings. The van der Waals surface area contributed by atoms with Gasteiger partial charge in [-0.25, -0.2) is 0 Å². The number of hydrogen-bond donors (Lipinski definition) is 1. The molecule has 100 valence electrons. The smallest absolute Gasteiger partial charge is 0.0702 e. The fourth-order valence-electron chi connectivity index (χ4n) is 3.51. The lowest BCUT2D eigenvalue weighted by atomic mass is 9.70. The Balaban J connectivity index is 1.94. The summed E-state index contributed by atoms with van der Waals surface area (Å²) in [5, 5.41) is 3.46. The van der Waals surface area contributed by atoms with Crippen LogP contribution in [0.4, 0.5) is 0 Å². The van der Waals surface area contributed by atoms with Crippen LogP contribution in [0.15, 0.2) is 0 Å². The second-order valence-corrected chi connectivity index (χ2v) is 5.61. The highest BCUT2D eigenvalue weighted by Crippen LogP contribution is 2.45. The molecule has 2 rings (SSSR count). The molecule has 0 bridgehead atoms. The van der Waals surface area contributed by atoms with E-state index in [4.69, 9.17) is 9.47 Å². The fourth-order valence-corrected chi connectivity index (χ4v) is 3.51. The third-order valence-corrected chi connectivity index (χ3v) is 4.57. The third kappa shape index (κ3) is 2.83. The molecule has 2 fully saturated rings. The predicted octanol–water partition coefficient (Wildman–Crippen LogP) is 2.35. The lowest BCUT2D eigenvalue weighted by molar-refractivity contribution is -0.152. The van der Waals surface area contributed by atoms with Crippen LogP contribution in [0, 0.1) is 5.92 Å². The van der Waals surface area contributed by atoms with E-state index in [1.54, 1.807) is 0 Å². The highest BCUT2D eigenvalue weighted by Gasteiger charge is 2.44. The standard InChI is InChI=1S/C14H27NO2/c1-4-16-11(2)13(15-3)12-6-9-17-14(10-12)7-5-8-14/h11-13,15H,4-10H2,1-3H3. The molecule has 1 spiro atoms. The average Bonchev–Trinajstić information content (AvgIpc) is 2.29. The second kappa shape index (κ2) is 5.68. The van der Waals surface area contributed by atoms with Crippen LogP contribution in [0.5, 0.6) is 0 Å². The Bertz CT molecular complexity index is 240. The summed E-state index contributed by atoms with van der Waals surface area (Å²) in [6, 6.07) is 0.469. The SMILES string of the molecule is CCOC(C)C(NC)C1CCOC2(CCC2)C1. The minimum absolute atomic E-state index is 0.240. The van der Waals surface area contributed by atoms with Gasteiger partial charge < -0.3 is 14.8 Å². The minimum atomic E-state index is 0.240. The van der Waals surface area contributed by atoms with E-state index < -0.39 is 0 Å². The summed E-state index contributed by atoms with van der Waals surface area (Å²) in [6.45, 7) is 5.99. The fraction of sp³-hybridized carbons (Fsp3) is 1.00. The summed E-state index contributed by atoms with van der Waals surface area (Å²) in [4.78, 5) is 0. The Kier molecular flexibility index (Phi) is 4.45. The summed E-state index contributed by atoms with van der Waals surface area (Å²) in [7, 11) is 2.06. The second-order valence-electron chi connectivity index (χ2n) is 5.61. The van der Waals surface area contributed by atoms with Gasteiger partial charge >= 0.3 is 0 Å². The van der Waals surface area contributed by atoms with Crippen LogP contribution in [0.25, 0.3) is 0 Å². The molecular formula is C14H27NO2. The Morgan fingerprint density at radius 2 is 2.24 bits per heavy atom. The molecule has 1 N–H and O–H groups in total. The molecule has 1 saturated carbocycles. The van der Waals surface area contributed by atoms with Gasteiger partial charge in [0.1, 0.15) is 0 Å². The van der Waals surface area contributed by atoms with Crippen molar-refractivity contribution in [3.8, 4) is 0 Å². The van der Waals surface area contributed by atoms with Crippen LogP contribution >= 0.6 is 0 Å². The Hall–Kier alpha value is -0.120. The van der Waals surface area contributed by atoms with Crippen molar-refractivity contribution in [1.82, 2.24) is 5.32 Å². The van der Waals surface area contributed by atoms with Crippen molar-refractivity contribution in [1.29, 1.82) is 0 Å². The van der Waals surface area contributed by atoms with Crippen LogP contribution < -0.4 is 5.32 Å². The van der Waals surface area contributed by atoms with E-state index in [0.29, 0.717) is 18.1 Å². The van der Waals surface area contributed by atoms with E-state index in [-0.39, 0.29) is 5.60 Å². The van der Waals surface area contributed by atoms with Gasteiger partial charge in [0.25, 0.3) is 0 Å². The van der Waals surface area contributed by atoms with Gasteiger partial charge in [0, 0.05) is 19.3 Å². The first-order valence-corrected chi connectivity index (χ1v) is 7.13. The van der Waals surface area contributed by atoms with Crippen molar-refractivity contribution in [3.63, 3.8) is 0 Å². The van der Waals surface area contributed by atoms with Gasteiger partial charge in [0.15, 0.2) is 0 Å². The van der Waals surface area contributed by atoms with Crippen molar-refractivity contribution in [2.75, 3.05) is 20.3 Å². The maximum atomic E-state index is 6.00. The molecule has 2 aliphatic rings. The van der Waals surface area contributed by atoms with Crippen LogP contribution in [0.3, 0.4) is 0 Å². The summed E-state index contributed by atoms with van der Waals surface area (Å²) in [5.41, 5.74) is 0.240. The number of hydrogen-bond acceptors (Lipinski definition) is 3. The maximum absolute atomic E-state index is 6.00. The van der Waals surface area contributed by atoms with E-state index in [2.05, 4.69) is 26.2 Å². The van der Waals surface area contributed by atoms with Crippen molar-refractivity contribution < 1.29 is 9.47 Å². The van der Waals surface area contributed by atoms with Gasteiger partial charge in [-0.1, -0.05) is 0 Å². The lowest BCUT2D eigenvalue weighted by Crippen LogP contribution is -2.52. The zero-order valence-corrected chi connectivity index (χ0v) is 11.5. The molecule has 0 amide bonds. The number of nitrogens with one attached hydrogen (secondary N) is 1. The minimum Gasteiger partial charge on any atom is -0.377 e. The molecule has 0 aromatic heterocycles. The normalized spacial score (nSPS) is 30.9. The molecule has 1 heterocycles. The van der Waals surface area contributed by atoms with Crippen LogP contribution in [0.1, 0.15) is 46.0 Å². The third-order valence-electron chi connectivity index (χ3n) is 4.57. The van der Waals surface area contributed by atoms with E-state index in [9.17, 15) is 0 Å². The summed E-state index contributed by atoms with van der Waals surface area (Å²) in [5.74, 6) is 0.704. The molecular weight excluding hydrogens is 214 g/mol. The van der Waals surface area contributed by atoms with Crippen LogP contribution in [0.2, 0.25) is 0 Å². The van der Waals surface area contributed by atoms with Crippen LogP contribution in [-0.2, 0) is 9.47 Å². The van der Waals surface area contributed by atoms with E-state index in [1.165, 1.54) is 32.1 Å². The quantitative estimate of drug-likeness (QED) is 0.801. The number of ether oxygens (including phenoxy) is 2. The topological polar surface area (TPSA) is 30.5 Å². The maximum Gasteiger partial charge on any atom is 0.0702 e. The molecule has 17 heavy (non-hydrogen) atoms. The monoisotopic (exact) mass is 241 g/mol. The molecule has 3 nitrogen and oxygen atoms in total. The van der Waals surface area contributed by atoms with E-state index in [1.807, 2.05) is 0 Å². The summed E-state index contributed by atoms with van der Waals surface area (Å²) < 4.78 is 11.8. The average molecular weight is 241 g/mol. The van der Waals surface area contributed by atoms with Gasteiger partial charge in [-0.3, -0.25) is 0 Å². The van der Waals surface area contributed by atoms with Gasteiger partial charge in [-0.05, 0) is 58.9 Å². The predicted molar refractivity (Wildman–Crippen MR) is 69.2 cm³/mol. The molecule has 3 unspecified atom stereocenters. The highest BCUT2D eigenvalue weighted by atomic mass is 16.5. The molecule has 1 aliphatic heterocycles. The first kappa shape index (κ1) is 13.3. The molecule has 1 saturated heterocycles.